The van der Waals surface area contributed by atoms with E-state index in [1.165, 1.54) is 6.08 Å². The standard InChI is InChI=1S/C22H26O4/c1-5-21(23)26-16-22(4,17-12-8-10-14-19(17)24-6-2)18-13-9-11-15-20(18)25-7-3/h5,8-15H,1,6-7,16H2,2-4H3. The summed E-state index contributed by atoms with van der Waals surface area (Å²) >= 11 is 0. The normalized spacial score (nSPS) is 10.9. The van der Waals surface area contributed by atoms with Crippen LogP contribution in [0.3, 0.4) is 0 Å². The second-order valence-corrected chi connectivity index (χ2v) is 6.00. The summed E-state index contributed by atoms with van der Waals surface area (Å²) in [4.78, 5) is 11.7. The molecule has 2 rings (SSSR count). The van der Waals surface area contributed by atoms with Gasteiger partial charge in [-0.2, -0.15) is 0 Å². The molecule has 0 unspecified atom stereocenters. The minimum Gasteiger partial charge on any atom is -0.494 e. The van der Waals surface area contributed by atoms with E-state index in [0.29, 0.717) is 13.2 Å². The van der Waals surface area contributed by atoms with Crippen molar-refractivity contribution in [1.82, 2.24) is 0 Å². The Morgan fingerprint density at radius 1 is 0.962 bits per heavy atom. The van der Waals surface area contributed by atoms with Crippen LogP contribution in [0.2, 0.25) is 0 Å². The zero-order chi connectivity index (χ0) is 19.0. The molecule has 0 aliphatic heterocycles. The first kappa shape index (κ1) is 19.6. The van der Waals surface area contributed by atoms with Gasteiger partial charge in [-0.1, -0.05) is 43.0 Å². The molecule has 0 aliphatic rings. The highest BCUT2D eigenvalue weighted by atomic mass is 16.5. The van der Waals surface area contributed by atoms with Crippen molar-refractivity contribution in [2.24, 2.45) is 0 Å². The smallest absolute Gasteiger partial charge is 0.330 e. The molecule has 0 saturated heterocycles. The van der Waals surface area contributed by atoms with Crippen LogP contribution < -0.4 is 9.47 Å². The van der Waals surface area contributed by atoms with Crippen LogP contribution in [0.4, 0.5) is 0 Å². The number of esters is 1. The molecule has 0 saturated carbocycles. The SMILES string of the molecule is C=CC(=O)OCC(C)(c1ccccc1OCC)c1ccccc1OCC. The van der Waals surface area contributed by atoms with E-state index in [2.05, 4.69) is 6.58 Å². The molecule has 138 valence electrons. The zero-order valence-corrected chi connectivity index (χ0v) is 15.7. The molecule has 26 heavy (non-hydrogen) atoms. The Balaban J connectivity index is 2.60. The van der Waals surface area contributed by atoms with Crippen LogP contribution in [0.15, 0.2) is 61.2 Å². The maximum absolute atomic E-state index is 11.7. The van der Waals surface area contributed by atoms with Crippen molar-refractivity contribution in [2.45, 2.75) is 26.2 Å². The fourth-order valence-corrected chi connectivity index (χ4v) is 2.98. The lowest BCUT2D eigenvalue weighted by atomic mass is 9.76. The summed E-state index contributed by atoms with van der Waals surface area (Å²) in [6.45, 7) is 10.6. The summed E-state index contributed by atoms with van der Waals surface area (Å²) in [5, 5.41) is 0. The molecule has 4 nitrogen and oxygen atoms in total. The minimum atomic E-state index is -0.643. The van der Waals surface area contributed by atoms with Gasteiger partial charge in [0.25, 0.3) is 0 Å². The predicted molar refractivity (Wildman–Crippen MR) is 103 cm³/mol. The molecule has 0 aliphatic carbocycles. The lowest BCUT2D eigenvalue weighted by molar-refractivity contribution is -0.139. The van der Waals surface area contributed by atoms with Gasteiger partial charge >= 0.3 is 5.97 Å². The van der Waals surface area contributed by atoms with Crippen molar-refractivity contribution < 1.29 is 19.0 Å². The van der Waals surface area contributed by atoms with Crippen LogP contribution in [-0.2, 0) is 14.9 Å². The first-order valence-electron chi connectivity index (χ1n) is 8.80. The molecule has 0 atom stereocenters. The third-order valence-corrected chi connectivity index (χ3v) is 4.23. The fraction of sp³-hybridized carbons (Fsp3) is 0.318. The highest BCUT2D eigenvalue weighted by Crippen LogP contribution is 2.42. The third kappa shape index (κ3) is 4.26. The van der Waals surface area contributed by atoms with Crippen molar-refractivity contribution in [2.75, 3.05) is 19.8 Å². The molecule has 0 N–H and O–H groups in total. The number of ether oxygens (including phenoxy) is 3. The average Bonchev–Trinajstić information content (AvgIpc) is 2.67. The summed E-state index contributed by atoms with van der Waals surface area (Å²) in [7, 11) is 0. The van der Waals surface area contributed by atoms with Gasteiger partial charge in [-0.3, -0.25) is 0 Å². The van der Waals surface area contributed by atoms with E-state index in [0.717, 1.165) is 22.6 Å². The first-order chi connectivity index (χ1) is 12.6. The van der Waals surface area contributed by atoms with Crippen LogP contribution in [0.25, 0.3) is 0 Å². The van der Waals surface area contributed by atoms with E-state index in [9.17, 15) is 4.79 Å². The van der Waals surface area contributed by atoms with Gasteiger partial charge in [0.1, 0.15) is 18.1 Å². The minimum absolute atomic E-state index is 0.145. The van der Waals surface area contributed by atoms with Crippen molar-refractivity contribution in [3.05, 3.63) is 72.3 Å². The van der Waals surface area contributed by atoms with Crippen molar-refractivity contribution >= 4 is 5.97 Å². The van der Waals surface area contributed by atoms with Crippen LogP contribution in [0.5, 0.6) is 11.5 Å². The lowest BCUT2D eigenvalue weighted by Crippen LogP contribution is -2.32. The Kier molecular flexibility index (Phi) is 6.84. The topological polar surface area (TPSA) is 44.8 Å². The Morgan fingerprint density at radius 2 is 1.42 bits per heavy atom. The lowest BCUT2D eigenvalue weighted by Gasteiger charge is -2.33. The number of hydrogen-bond acceptors (Lipinski definition) is 4. The Morgan fingerprint density at radius 3 is 1.85 bits per heavy atom. The van der Waals surface area contributed by atoms with Crippen LogP contribution in [0.1, 0.15) is 31.9 Å². The van der Waals surface area contributed by atoms with E-state index in [4.69, 9.17) is 14.2 Å². The largest absolute Gasteiger partial charge is 0.494 e. The molecule has 0 aromatic heterocycles. The van der Waals surface area contributed by atoms with E-state index >= 15 is 0 Å². The summed E-state index contributed by atoms with van der Waals surface area (Å²) in [6.07, 6.45) is 1.17. The first-order valence-corrected chi connectivity index (χ1v) is 8.80. The number of para-hydroxylation sites is 2. The third-order valence-electron chi connectivity index (χ3n) is 4.23. The van der Waals surface area contributed by atoms with Crippen LogP contribution in [0, 0.1) is 0 Å². The number of hydrogen-bond donors (Lipinski definition) is 0. The van der Waals surface area contributed by atoms with Gasteiger partial charge in [0.05, 0.1) is 18.6 Å². The monoisotopic (exact) mass is 354 g/mol. The van der Waals surface area contributed by atoms with Crippen LogP contribution >= 0.6 is 0 Å². The molecule has 0 fully saturated rings. The van der Waals surface area contributed by atoms with Crippen molar-refractivity contribution in [3.63, 3.8) is 0 Å². The van der Waals surface area contributed by atoms with Crippen molar-refractivity contribution in [3.8, 4) is 11.5 Å². The summed E-state index contributed by atoms with van der Waals surface area (Å²) in [5.41, 5.74) is 1.23. The summed E-state index contributed by atoms with van der Waals surface area (Å²) in [5.74, 6) is 1.07. The number of carbonyl (C=O) groups excluding carboxylic acids is 1. The number of benzene rings is 2. The average molecular weight is 354 g/mol. The second-order valence-electron chi connectivity index (χ2n) is 6.00. The van der Waals surface area contributed by atoms with E-state index in [1.54, 1.807) is 0 Å². The zero-order valence-electron chi connectivity index (χ0n) is 15.7. The maximum Gasteiger partial charge on any atom is 0.330 e. The van der Waals surface area contributed by atoms with Gasteiger partial charge in [0.2, 0.25) is 0 Å². The van der Waals surface area contributed by atoms with Gasteiger partial charge < -0.3 is 14.2 Å². The molecule has 0 heterocycles. The van der Waals surface area contributed by atoms with Crippen LogP contribution in [-0.4, -0.2) is 25.8 Å². The highest BCUT2D eigenvalue weighted by Gasteiger charge is 2.36. The van der Waals surface area contributed by atoms with E-state index in [1.807, 2.05) is 69.3 Å². The van der Waals surface area contributed by atoms with Gasteiger partial charge in [-0.15, -0.1) is 0 Å². The molecule has 0 bridgehead atoms. The molecular formula is C22H26O4. The van der Waals surface area contributed by atoms with Crippen molar-refractivity contribution in [1.29, 1.82) is 0 Å². The van der Waals surface area contributed by atoms with Gasteiger partial charge in [-0.25, -0.2) is 4.79 Å². The Bertz CT molecular complexity index is 702. The predicted octanol–water partition coefficient (Wildman–Crippen LogP) is 4.52. The number of rotatable bonds is 9. The van der Waals surface area contributed by atoms with Gasteiger partial charge in [0.15, 0.2) is 0 Å². The molecule has 2 aromatic carbocycles. The Hall–Kier alpha value is -2.75. The quantitative estimate of drug-likeness (QED) is 0.491. The molecule has 0 amide bonds. The van der Waals surface area contributed by atoms with E-state index < -0.39 is 11.4 Å². The van der Waals surface area contributed by atoms with Gasteiger partial charge in [-0.05, 0) is 32.9 Å². The fourth-order valence-electron chi connectivity index (χ4n) is 2.98. The maximum atomic E-state index is 11.7. The molecule has 2 aromatic rings. The van der Waals surface area contributed by atoms with Gasteiger partial charge in [0, 0.05) is 17.2 Å². The Labute approximate surface area is 155 Å². The summed E-state index contributed by atoms with van der Waals surface area (Å²) in [6, 6.07) is 15.6. The molecule has 0 radical (unpaired) electrons. The van der Waals surface area contributed by atoms with E-state index in [-0.39, 0.29) is 6.61 Å². The molecular weight excluding hydrogens is 328 g/mol. The summed E-state index contributed by atoms with van der Waals surface area (Å²) < 4.78 is 17.1. The second kappa shape index (κ2) is 9.09. The molecule has 4 heteroatoms. The molecule has 0 spiro atoms. The number of carbonyl (C=O) groups is 1. The highest BCUT2D eigenvalue weighted by molar-refractivity contribution is 5.81.